The molecule has 1 heterocycles. The first-order valence-corrected chi connectivity index (χ1v) is 12.4. The largest absolute Gasteiger partial charge is 0.497 e. The lowest BCUT2D eigenvalue weighted by atomic mass is 10.2. The Hall–Kier alpha value is -3.60. The van der Waals surface area contributed by atoms with Crippen molar-refractivity contribution in [2.24, 2.45) is 0 Å². The molecule has 0 saturated heterocycles. The van der Waals surface area contributed by atoms with Gasteiger partial charge in [0.05, 0.1) is 32.7 Å². The summed E-state index contributed by atoms with van der Waals surface area (Å²) in [5, 5.41) is 3.97. The molecule has 11 heteroatoms. The van der Waals surface area contributed by atoms with Crippen molar-refractivity contribution in [1.82, 2.24) is 15.0 Å². The second-order valence-corrected chi connectivity index (χ2v) is 9.54. The van der Waals surface area contributed by atoms with Crippen LogP contribution in [0.4, 0.5) is 5.69 Å². The molecule has 0 unspecified atom stereocenters. The van der Waals surface area contributed by atoms with Gasteiger partial charge in [-0.15, -0.1) is 0 Å². The molecule has 0 fully saturated rings. The summed E-state index contributed by atoms with van der Waals surface area (Å²) in [5.74, 6) is 1.75. The zero-order valence-electron chi connectivity index (χ0n) is 19.6. The SMILES string of the molecule is COc1cccc(-c2noc(CN(C)C(=O)CCCN(c3cccc(OC)c3)S(C)(=O)=O)n2)c1. The first-order chi connectivity index (χ1) is 16.2. The van der Waals surface area contributed by atoms with Crippen LogP contribution in [0.5, 0.6) is 11.5 Å². The molecule has 3 rings (SSSR count). The number of rotatable bonds is 11. The number of carbonyl (C=O) groups excluding carboxylic acids is 1. The summed E-state index contributed by atoms with van der Waals surface area (Å²) in [6, 6.07) is 14.1. The molecule has 1 amide bonds. The normalized spacial score (nSPS) is 11.2. The Morgan fingerprint density at radius 2 is 1.74 bits per heavy atom. The fourth-order valence-corrected chi connectivity index (χ4v) is 4.26. The molecule has 0 saturated carbocycles. The Morgan fingerprint density at radius 1 is 1.06 bits per heavy atom. The van der Waals surface area contributed by atoms with Gasteiger partial charge in [-0.05, 0) is 30.7 Å². The number of hydrogen-bond donors (Lipinski definition) is 0. The standard InChI is InChI=1S/C23H28N4O6S/c1-26(16-21-24-23(25-33-21)17-8-5-10-19(14-17)31-2)22(28)12-7-13-27(34(4,29)30)18-9-6-11-20(15-18)32-3/h5-6,8-11,14-15H,7,12-13,16H2,1-4H3. The van der Waals surface area contributed by atoms with Gasteiger partial charge in [-0.2, -0.15) is 4.98 Å². The Labute approximate surface area is 199 Å². The summed E-state index contributed by atoms with van der Waals surface area (Å²) >= 11 is 0. The molecular formula is C23H28N4O6S. The predicted octanol–water partition coefficient (Wildman–Crippen LogP) is 2.96. The maximum Gasteiger partial charge on any atom is 0.246 e. The second-order valence-electron chi connectivity index (χ2n) is 7.63. The highest BCUT2D eigenvalue weighted by molar-refractivity contribution is 7.92. The van der Waals surface area contributed by atoms with Crippen LogP contribution in [0.2, 0.25) is 0 Å². The second kappa shape index (κ2) is 11.0. The molecule has 0 bridgehead atoms. The average Bonchev–Trinajstić information content (AvgIpc) is 3.29. The molecule has 0 aliphatic carbocycles. The van der Waals surface area contributed by atoms with E-state index < -0.39 is 10.0 Å². The monoisotopic (exact) mass is 488 g/mol. The van der Waals surface area contributed by atoms with Crippen LogP contribution in [0.3, 0.4) is 0 Å². The number of sulfonamides is 1. The Kier molecular flexibility index (Phi) is 8.11. The van der Waals surface area contributed by atoms with Crippen LogP contribution in [0.1, 0.15) is 18.7 Å². The molecule has 0 N–H and O–H groups in total. The lowest BCUT2D eigenvalue weighted by Crippen LogP contribution is -2.32. The third-order valence-electron chi connectivity index (χ3n) is 5.09. The van der Waals surface area contributed by atoms with Crippen LogP contribution in [0.25, 0.3) is 11.4 Å². The lowest BCUT2D eigenvalue weighted by Gasteiger charge is -2.23. The summed E-state index contributed by atoms with van der Waals surface area (Å²) in [5.41, 5.74) is 1.22. The quantitative estimate of drug-likeness (QED) is 0.405. The number of aromatic nitrogens is 2. The minimum atomic E-state index is -3.53. The smallest absolute Gasteiger partial charge is 0.246 e. The molecule has 182 valence electrons. The van der Waals surface area contributed by atoms with E-state index >= 15 is 0 Å². The predicted molar refractivity (Wildman–Crippen MR) is 127 cm³/mol. The van der Waals surface area contributed by atoms with Gasteiger partial charge < -0.3 is 18.9 Å². The van der Waals surface area contributed by atoms with Gasteiger partial charge in [0.1, 0.15) is 11.5 Å². The van der Waals surface area contributed by atoms with Crippen LogP contribution in [-0.4, -0.2) is 63.4 Å². The van der Waals surface area contributed by atoms with E-state index in [0.29, 0.717) is 35.3 Å². The molecule has 0 aliphatic heterocycles. The van der Waals surface area contributed by atoms with E-state index in [1.54, 1.807) is 44.5 Å². The van der Waals surface area contributed by atoms with Crippen molar-refractivity contribution in [3.05, 3.63) is 54.4 Å². The first kappa shape index (κ1) is 25.0. The fraction of sp³-hybridized carbons (Fsp3) is 0.348. The Balaban J connectivity index is 1.57. The molecule has 34 heavy (non-hydrogen) atoms. The number of carbonyl (C=O) groups is 1. The minimum absolute atomic E-state index is 0.140. The van der Waals surface area contributed by atoms with E-state index in [9.17, 15) is 13.2 Å². The van der Waals surface area contributed by atoms with Crippen LogP contribution < -0.4 is 13.8 Å². The molecular weight excluding hydrogens is 460 g/mol. The van der Waals surface area contributed by atoms with Crippen molar-refractivity contribution >= 4 is 21.6 Å². The van der Waals surface area contributed by atoms with Gasteiger partial charge in [0.15, 0.2) is 0 Å². The fourth-order valence-electron chi connectivity index (χ4n) is 3.31. The van der Waals surface area contributed by atoms with Crippen molar-refractivity contribution in [2.75, 3.05) is 38.4 Å². The van der Waals surface area contributed by atoms with E-state index in [-0.39, 0.29) is 25.4 Å². The van der Waals surface area contributed by atoms with Gasteiger partial charge in [-0.3, -0.25) is 9.10 Å². The number of ether oxygens (including phenoxy) is 2. The molecule has 0 aliphatic rings. The summed E-state index contributed by atoms with van der Waals surface area (Å²) in [6.45, 7) is 0.299. The summed E-state index contributed by atoms with van der Waals surface area (Å²) in [6.07, 6.45) is 1.63. The molecule has 1 aromatic heterocycles. The van der Waals surface area contributed by atoms with Crippen molar-refractivity contribution in [3.63, 3.8) is 0 Å². The lowest BCUT2D eigenvalue weighted by molar-refractivity contribution is -0.130. The van der Waals surface area contributed by atoms with E-state index in [1.807, 2.05) is 18.2 Å². The van der Waals surface area contributed by atoms with E-state index in [1.165, 1.54) is 16.3 Å². The molecule has 3 aromatic rings. The van der Waals surface area contributed by atoms with Gasteiger partial charge in [-0.1, -0.05) is 23.4 Å². The number of methoxy groups -OCH3 is 2. The maximum absolute atomic E-state index is 12.6. The van der Waals surface area contributed by atoms with Crippen LogP contribution >= 0.6 is 0 Å². The zero-order chi connectivity index (χ0) is 24.7. The highest BCUT2D eigenvalue weighted by Gasteiger charge is 2.20. The number of benzene rings is 2. The van der Waals surface area contributed by atoms with Gasteiger partial charge in [0, 0.05) is 31.6 Å². The van der Waals surface area contributed by atoms with Crippen molar-refractivity contribution in [3.8, 4) is 22.9 Å². The topological polar surface area (TPSA) is 115 Å². The number of anilines is 1. The first-order valence-electron chi connectivity index (χ1n) is 10.5. The molecule has 0 atom stereocenters. The molecule has 2 aromatic carbocycles. The van der Waals surface area contributed by atoms with Crippen molar-refractivity contribution < 1.29 is 27.2 Å². The third kappa shape index (κ3) is 6.47. The van der Waals surface area contributed by atoms with Crippen LogP contribution in [0.15, 0.2) is 53.1 Å². The van der Waals surface area contributed by atoms with E-state index in [2.05, 4.69) is 10.1 Å². The van der Waals surface area contributed by atoms with E-state index in [4.69, 9.17) is 14.0 Å². The molecule has 0 spiro atoms. The highest BCUT2D eigenvalue weighted by Crippen LogP contribution is 2.24. The zero-order valence-corrected chi connectivity index (χ0v) is 20.4. The van der Waals surface area contributed by atoms with Crippen LogP contribution in [0, 0.1) is 0 Å². The van der Waals surface area contributed by atoms with Gasteiger partial charge >= 0.3 is 0 Å². The molecule has 0 radical (unpaired) electrons. The molecule has 10 nitrogen and oxygen atoms in total. The highest BCUT2D eigenvalue weighted by atomic mass is 32.2. The maximum atomic E-state index is 12.6. The minimum Gasteiger partial charge on any atom is -0.497 e. The summed E-state index contributed by atoms with van der Waals surface area (Å²) in [4.78, 5) is 18.4. The van der Waals surface area contributed by atoms with E-state index in [0.717, 1.165) is 11.8 Å². The number of amides is 1. The van der Waals surface area contributed by atoms with Gasteiger partial charge in [0.25, 0.3) is 0 Å². The van der Waals surface area contributed by atoms with Crippen molar-refractivity contribution in [2.45, 2.75) is 19.4 Å². The average molecular weight is 489 g/mol. The third-order valence-corrected chi connectivity index (χ3v) is 6.28. The summed E-state index contributed by atoms with van der Waals surface area (Å²) < 4.78 is 41.5. The van der Waals surface area contributed by atoms with Gasteiger partial charge in [-0.25, -0.2) is 8.42 Å². The van der Waals surface area contributed by atoms with Crippen molar-refractivity contribution in [1.29, 1.82) is 0 Å². The Morgan fingerprint density at radius 3 is 2.41 bits per heavy atom. The van der Waals surface area contributed by atoms with Crippen LogP contribution in [-0.2, 0) is 21.4 Å². The summed E-state index contributed by atoms with van der Waals surface area (Å²) in [7, 11) is 1.20. The van der Waals surface area contributed by atoms with Gasteiger partial charge in [0.2, 0.25) is 27.6 Å². The number of hydrogen-bond acceptors (Lipinski definition) is 8. The number of nitrogens with zero attached hydrogens (tertiary/aromatic N) is 4. The Bertz CT molecular complexity index is 1230.